The summed E-state index contributed by atoms with van der Waals surface area (Å²) in [7, 11) is 0. The fourth-order valence-electron chi connectivity index (χ4n) is 3.40. The Bertz CT molecular complexity index is 838. The maximum atomic E-state index is 13.0. The van der Waals surface area contributed by atoms with Crippen LogP contribution in [0.5, 0.6) is 0 Å². The van der Waals surface area contributed by atoms with Crippen LogP contribution in [-0.2, 0) is 9.59 Å². The number of hydrazine groups is 1. The zero-order valence-electron chi connectivity index (χ0n) is 14.2. The molecular formula is C19H19N5O2. The van der Waals surface area contributed by atoms with E-state index < -0.39 is 0 Å². The molecule has 132 valence electrons. The van der Waals surface area contributed by atoms with Crippen molar-refractivity contribution in [2.75, 3.05) is 18.1 Å². The van der Waals surface area contributed by atoms with Gasteiger partial charge in [0.05, 0.1) is 11.7 Å². The van der Waals surface area contributed by atoms with Crippen LogP contribution < -0.4 is 10.4 Å². The summed E-state index contributed by atoms with van der Waals surface area (Å²) in [5.41, 5.74) is 4.65. The molecule has 0 aliphatic carbocycles. The van der Waals surface area contributed by atoms with Crippen molar-refractivity contribution >= 4 is 23.3 Å². The summed E-state index contributed by atoms with van der Waals surface area (Å²) < 4.78 is 0. The number of hydrogen-bond acceptors (Lipinski definition) is 5. The summed E-state index contributed by atoms with van der Waals surface area (Å²) in [5.74, 6) is -0.174. The Hall–Kier alpha value is -3.22. The van der Waals surface area contributed by atoms with Crippen LogP contribution in [0.2, 0.25) is 0 Å². The standard InChI is InChI=1S/C19H19N5O2/c25-17-13-21-18(22-24(17)15-5-2-1-3-6-15)19(26)23-12-4-7-16(23)14-8-10-20-11-9-14/h1-3,5-6,8-11,16H,4,7,12-13H2,(H,21,22). The molecule has 2 aliphatic heterocycles. The number of amides is 2. The van der Waals surface area contributed by atoms with E-state index in [1.54, 1.807) is 12.4 Å². The number of benzene rings is 1. The Labute approximate surface area is 151 Å². The van der Waals surface area contributed by atoms with Crippen molar-refractivity contribution < 1.29 is 9.59 Å². The number of nitrogens with one attached hydrogen (secondary N) is 1. The third-order valence-electron chi connectivity index (χ3n) is 4.66. The first kappa shape index (κ1) is 16.3. The molecule has 0 spiro atoms. The van der Waals surface area contributed by atoms with Gasteiger partial charge in [0.25, 0.3) is 11.8 Å². The molecule has 0 radical (unpaired) electrons. The van der Waals surface area contributed by atoms with E-state index in [0.717, 1.165) is 18.4 Å². The minimum absolute atomic E-state index is 0.0119. The first-order valence-electron chi connectivity index (χ1n) is 8.64. The fourth-order valence-corrected chi connectivity index (χ4v) is 3.40. The van der Waals surface area contributed by atoms with Gasteiger partial charge in [-0.2, -0.15) is 0 Å². The number of carbonyl (C=O) groups is 2. The smallest absolute Gasteiger partial charge is 0.291 e. The van der Waals surface area contributed by atoms with Gasteiger partial charge < -0.3 is 4.90 Å². The highest BCUT2D eigenvalue weighted by molar-refractivity contribution is 6.39. The van der Waals surface area contributed by atoms with Crippen molar-refractivity contribution in [1.29, 1.82) is 0 Å². The molecule has 1 aromatic carbocycles. The number of aromatic nitrogens is 1. The predicted molar refractivity (Wildman–Crippen MR) is 97.3 cm³/mol. The van der Waals surface area contributed by atoms with Crippen molar-refractivity contribution in [3.8, 4) is 0 Å². The lowest BCUT2D eigenvalue weighted by Gasteiger charge is -2.31. The van der Waals surface area contributed by atoms with E-state index >= 15 is 0 Å². The van der Waals surface area contributed by atoms with Crippen molar-refractivity contribution in [2.45, 2.75) is 18.9 Å². The highest BCUT2D eigenvalue weighted by Crippen LogP contribution is 2.31. The first-order chi connectivity index (χ1) is 12.7. The van der Waals surface area contributed by atoms with Gasteiger partial charge in [-0.1, -0.05) is 18.2 Å². The second kappa shape index (κ2) is 6.95. The lowest BCUT2D eigenvalue weighted by atomic mass is 10.1. The molecule has 7 heteroatoms. The molecule has 1 fully saturated rings. The summed E-state index contributed by atoms with van der Waals surface area (Å²) in [6, 6.07) is 13.1. The zero-order valence-corrected chi connectivity index (χ0v) is 14.2. The summed E-state index contributed by atoms with van der Waals surface area (Å²) in [4.78, 5) is 35.3. The van der Waals surface area contributed by atoms with E-state index in [9.17, 15) is 9.59 Å². The maximum absolute atomic E-state index is 13.0. The van der Waals surface area contributed by atoms with Gasteiger partial charge in [-0.15, -0.1) is 0 Å². The number of likely N-dealkylation sites (tertiary alicyclic amines) is 1. The van der Waals surface area contributed by atoms with Crippen LogP contribution >= 0.6 is 0 Å². The first-order valence-corrected chi connectivity index (χ1v) is 8.64. The van der Waals surface area contributed by atoms with Crippen molar-refractivity contribution in [3.63, 3.8) is 0 Å². The molecular weight excluding hydrogens is 330 g/mol. The van der Waals surface area contributed by atoms with Crippen molar-refractivity contribution in [1.82, 2.24) is 15.3 Å². The van der Waals surface area contributed by atoms with E-state index in [1.165, 1.54) is 5.01 Å². The molecule has 1 saturated heterocycles. The third kappa shape index (κ3) is 3.03. The summed E-state index contributed by atoms with van der Waals surface area (Å²) >= 11 is 0. The highest BCUT2D eigenvalue weighted by atomic mass is 16.2. The Kier molecular flexibility index (Phi) is 4.35. The van der Waals surface area contributed by atoms with E-state index in [0.29, 0.717) is 12.2 Å². The van der Waals surface area contributed by atoms with Gasteiger partial charge >= 0.3 is 0 Å². The van der Waals surface area contributed by atoms with E-state index in [-0.39, 0.29) is 30.2 Å². The van der Waals surface area contributed by atoms with Crippen LogP contribution in [0.15, 0.2) is 59.9 Å². The van der Waals surface area contributed by atoms with Crippen LogP contribution in [-0.4, -0.2) is 40.6 Å². The van der Waals surface area contributed by atoms with Gasteiger partial charge in [-0.05, 0) is 42.7 Å². The van der Waals surface area contributed by atoms with Crippen molar-refractivity contribution in [2.24, 2.45) is 4.99 Å². The van der Waals surface area contributed by atoms with Gasteiger partial charge in [0.15, 0.2) is 0 Å². The maximum Gasteiger partial charge on any atom is 0.291 e. The second-order valence-electron chi connectivity index (χ2n) is 6.28. The van der Waals surface area contributed by atoms with Crippen LogP contribution in [0.4, 0.5) is 5.69 Å². The lowest BCUT2D eigenvalue weighted by Crippen LogP contribution is -2.56. The van der Waals surface area contributed by atoms with Gasteiger partial charge in [-0.3, -0.25) is 25.0 Å². The molecule has 0 bridgehead atoms. The van der Waals surface area contributed by atoms with E-state index in [1.807, 2.05) is 47.4 Å². The van der Waals surface area contributed by atoms with Gasteiger partial charge in [0.2, 0.25) is 5.84 Å². The number of amidine groups is 1. The number of carbonyl (C=O) groups excluding carboxylic acids is 2. The monoisotopic (exact) mass is 349 g/mol. The molecule has 26 heavy (non-hydrogen) atoms. The molecule has 7 nitrogen and oxygen atoms in total. The Morgan fingerprint density at radius 1 is 1.12 bits per heavy atom. The number of hydrogen-bond donors (Lipinski definition) is 1. The molecule has 3 heterocycles. The minimum Gasteiger partial charge on any atom is -0.329 e. The number of para-hydroxylation sites is 1. The summed E-state index contributed by atoms with van der Waals surface area (Å²) in [5, 5.41) is 1.39. The van der Waals surface area contributed by atoms with E-state index in [2.05, 4.69) is 15.4 Å². The topological polar surface area (TPSA) is 77.9 Å². The normalized spacial score (nSPS) is 19.9. The SMILES string of the molecule is O=C1CN=C(C(=O)N2CCCC2c2ccncc2)NN1c1ccccc1. The number of nitrogens with zero attached hydrogens (tertiary/aromatic N) is 4. The molecule has 1 unspecified atom stereocenters. The molecule has 2 aliphatic rings. The Morgan fingerprint density at radius 2 is 1.88 bits per heavy atom. The molecule has 2 amide bonds. The number of pyridine rings is 1. The Morgan fingerprint density at radius 3 is 2.65 bits per heavy atom. The predicted octanol–water partition coefficient (Wildman–Crippen LogP) is 1.69. The van der Waals surface area contributed by atoms with Crippen LogP contribution in [0, 0.1) is 0 Å². The average Bonchev–Trinajstić information content (AvgIpc) is 3.19. The lowest BCUT2D eigenvalue weighted by molar-refractivity contribution is -0.125. The van der Waals surface area contributed by atoms with Crippen LogP contribution in [0.1, 0.15) is 24.4 Å². The second-order valence-corrected chi connectivity index (χ2v) is 6.28. The molecule has 4 rings (SSSR count). The third-order valence-corrected chi connectivity index (χ3v) is 4.66. The van der Waals surface area contributed by atoms with Gasteiger partial charge in [-0.25, -0.2) is 5.01 Å². The molecule has 2 aromatic rings. The number of rotatable bonds is 3. The number of aliphatic imine (C=N–C) groups is 1. The van der Waals surface area contributed by atoms with Gasteiger partial charge in [0.1, 0.15) is 6.54 Å². The zero-order chi connectivity index (χ0) is 17.9. The minimum atomic E-state index is -0.195. The quantitative estimate of drug-likeness (QED) is 0.915. The highest BCUT2D eigenvalue weighted by Gasteiger charge is 2.35. The number of anilines is 1. The molecule has 1 aromatic heterocycles. The fraction of sp³-hybridized carbons (Fsp3) is 0.263. The molecule has 1 atom stereocenters. The van der Waals surface area contributed by atoms with Crippen molar-refractivity contribution in [3.05, 3.63) is 60.4 Å². The van der Waals surface area contributed by atoms with Crippen LogP contribution in [0.25, 0.3) is 0 Å². The molecule has 1 N–H and O–H groups in total. The van der Waals surface area contributed by atoms with Gasteiger partial charge in [0, 0.05) is 18.9 Å². The largest absolute Gasteiger partial charge is 0.329 e. The summed E-state index contributed by atoms with van der Waals surface area (Å²) in [6.45, 7) is 0.628. The van der Waals surface area contributed by atoms with Crippen LogP contribution in [0.3, 0.4) is 0 Å². The summed E-state index contributed by atoms with van der Waals surface area (Å²) in [6.07, 6.45) is 5.32. The Balaban J connectivity index is 1.55. The van der Waals surface area contributed by atoms with E-state index in [4.69, 9.17) is 0 Å². The average molecular weight is 349 g/mol. The molecule has 0 saturated carbocycles.